The Bertz CT molecular complexity index is 610. The summed E-state index contributed by atoms with van der Waals surface area (Å²) in [6, 6.07) is 4.01. The van der Waals surface area contributed by atoms with E-state index < -0.39 is 0 Å². The summed E-state index contributed by atoms with van der Waals surface area (Å²) in [5, 5.41) is 0. The molecule has 17 heavy (non-hydrogen) atoms. The van der Waals surface area contributed by atoms with E-state index in [0.29, 0.717) is 0 Å². The summed E-state index contributed by atoms with van der Waals surface area (Å²) in [5.41, 5.74) is 1.10. The van der Waals surface area contributed by atoms with Crippen molar-refractivity contribution in [3.63, 3.8) is 0 Å². The SMILES string of the molecule is Cc1ccc(-n2ccnc2)nc1-n1ccnc1. The largest absolute Gasteiger partial charge is 0.290 e. The van der Waals surface area contributed by atoms with E-state index in [-0.39, 0.29) is 0 Å². The Morgan fingerprint density at radius 2 is 1.65 bits per heavy atom. The Morgan fingerprint density at radius 3 is 2.29 bits per heavy atom. The molecule has 0 N–H and O–H groups in total. The van der Waals surface area contributed by atoms with E-state index in [1.165, 1.54) is 0 Å². The molecule has 0 amide bonds. The highest BCUT2D eigenvalue weighted by molar-refractivity contribution is 5.38. The van der Waals surface area contributed by atoms with Gasteiger partial charge in [0.15, 0.2) is 0 Å². The van der Waals surface area contributed by atoms with Gasteiger partial charge in [-0.2, -0.15) is 0 Å². The van der Waals surface area contributed by atoms with Crippen molar-refractivity contribution in [2.75, 3.05) is 0 Å². The van der Waals surface area contributed by atoms with Crippen LogP contribution in [0.15, 0.2) is 49.6 Å². The van der Waals surface area contributed by atoms with Crippen molar-refractivity contribution in [3.05, 3.63) is 55.1 Å². The standard InChI is InChI=1S/C12H11N5/c1-10-2-3-11(16-6-4-13-8-16)15-12(10)17-7-5-14-9-17/h2-9H,1H3. The van der Waals surface area contributed by atoms with Crippen molar-refractivity contribution >= 4 is 0 Å². The summed E-state index contributed by atoms with van der Waals surface area (Å²) in [5.74, 6) is 1.73. The molecule has 5 heteroatoms. The monoisotopic (exact) mass is 225 g/mol. The van der Waals surface area contributed by atoms with Gasteiger partial charge in [0, 0.05) is 24.8 Å². The molecule has 0 bridgehead atoms. The summed E-state index contributed by atoms with van der Waals surface area (Å²) >= 11 is 0. The molecule has 0 unspecified atom stereocenters. The molecule has 3 heterocycles. The number of aromatic nitrogens is 5. The van der Waals surface area contributed by atoms with Crippen LogP contribution in [0.2, 0.25) is 0 Å². The maximum absolute atomic E-state index is 4.60. The highest BCUT2D eigenvalue weighted by Crippen LogP contribution is 2.13. The number of imidazole rings is 2. The predicted molar refractivity (Wildman–Crippen MR) is 63.2 cm³/mol. The van der Waals surface area contributed by atoms with Crippen LogP contribution in [0.1, 0.15) is 5.56 Å². The van der Waals surface area contributed by atoms with Crippen LogP contribution < -0.4 is 0 Å². The fraction of sp³-hybridized carbons (Fsp3) is 0.0833. The Morgan fingerprint density at radius 1 is 0.941 bits per heavy atom. The van der Waals surface area contributed by atoms with Gasteiger partial charge in [-0.05, 0) is 18.6 Å². The van der Waals surface area contributed by atoms with E-state index in [4.69, 9.17) is 0 Å². The van der Waals surface area contributed by atoms with Gasteiger partial charge in [-0.25, -0.2) is 15.0 Å². The van der Waals surface area contributed by atoms with Crippen LogP contribution in [-0.4, -0.2) is 24.1 Å². The van der Waals surface area contributed by atoms with Gasteiger partial charge in [0.25, 0.3) is 0 Å². The first-order valence-electron chi connectivity index (χ1n) is 5.29. The minimum absolute atomic E-state index is 0.844. The molecule has 0 saturated carbocycles. The molecule has 0 aliphatic rings. The zero-order chi connectivity index (χ0) is 11.7. The molecular weight excluding hydrogens is 214 g/mol. The van der Waals surface area contributed by atoms with Crippen LogP contribution in [0.3, 0.4) is 0 Å². The number of hydrogen-bond donors (Lipinski definition) is 0. The normalized spacial score (nSPS) is 10.6. The van der Waals surface area contributed by atoms with E-state index in [1.54, 1.807) is 25.0 Å². The molecule has 0 radical (unpaired) electrons. The molecule has 0 aliphatic carbocycles. The van der Waals surface area contributed by atoms with E-state index in [1.807, 2.05) is 40.6 Å². The molecule has 0 aromatic carbocycles. The Hall–Kier alpha value is -2.43. The number of aryl methyl sites for hydroxylation is 1. The molecule has 3 rings (SSSR count). The second-order valence-corrected chi connectivity index (χ2v) is 3.75. The summed E-state index contributed by atoms with van der Waals surface area (Å²) in [7, 11) is 0. The van der Waals surface area contributed by atoms with E-state index in [0.717, 1.165) is 17.2 Å². The zero-order valence-corrected chi connectivity index (χ0v) is 9.35. The third-order valence-electron chi connectivity index (χ3n) is 2.57. The van der Waals surface area contributed by atoms with Crippen molar-refractivity contribution in [1.29, 1.82) is 0 Å². The number of nitrogens with zero attached hydrogens (tertiary/aromatic N) is 5. The van der Waals surface area contributed by atoms with Gasteiger partial charge in [-0.15, -0.1) is 0 Å². The maximum Gasteiger partial charge on any atom is 0.143 e. The molecule has 0 spiro atoms. The quantitative estimate of drug-likeness (QED) is 0.667. The Labute approximate surface area is 98.4 Å². The van der Waals surface area contributed by atoms with Crippen LogP contribution in [0.25, 0.3) is 11.6 Å². The van der Waals surface area contributed by atoms with Crippen LogP contribution in [-0.2, 0) is 0 Å². The zero-order valence-electron chi connectivity index (χ0n) is 9.35. The van der Waals surface area contributed by atoms with E-state index in [2.05, 4.69) is 15.0 Å². The van der Waals surface area contributed by atoms with Gasteiger partial charge in [0.2, 0.25) is 0 Å². The smallest absolute Gasteiger partial charge is 0.143 e. The topological polar surface area (TPSA) is 48.5 Å². The highest BCUT2D eigenvalue weighted by Gasteiger charge is 2.05. The molecule has 0 atom stereocenters. The van der Waals surface area contributed by atoms with Crippen molar-refractivity contribution < 1.29 is 0 Å². The maximum atomic E-state index is 4.60. The molecule has 3 aromatic rings. The summed E-state index contributed by atoms with van der Waals surface area (Å²) in [4.78, 5) is 12.7. The first kappa shape index (κ1) is 9.77. The third-order valence-corrected chi connectivity index (χ3v) is 2.57. The average Bonchev–Trinajstić information content (AvgIpc) is 3.03. The summed E-state index contributed by atoms with van der Waals surface area (Å²) < 4.78 is 3.77. The molecule has 5 nitrogen and oxygen atoms in total. The summed E-state index contributed by atoms with van der Waals surface area (Å²) in [6.07, 6.45) is 10.7. The molecule has 84 valence electrons. The first-order valence-corrected chi connectivity index (χ1v) is 5.29. The molecule has 0 saturated heterocycles. The Kier molecular flexibility index (Phi) is 2.22. The van der Waals surface area contributed by atoms with E-state index in [9.17, 15) is 0 Å². The van der Waals surface area contributed by atoms with Crippen molar-refractivity contribution in [2.24, 2.45) is 0 Å². The van der Waals surface area contributed by atoms with Crippen LogP contribution >= 0.6 is 0 Å². The van der Waals surface area contributed by atoms with Crippen LogP contribution in [0.4, 0.5) is 0 Å². The van der Waals surface area contributed by atoms with Gasteiger partial charge in [-0.1, -0.05) is 6.07 Å². The second kappa shape index (κ2) is 3.86. The highest BCUT2D eigenvalue weighted by atomic mass is 15.2. The minimum Gasteiger partial charge on any atom is -0.290 e. The molecular formula is C12H11N5. The van der Waals surface area contributed by atoms with Crippen LogP contribution in [0, 0.1) is 6.92 Å². The van der Waals surface area contributed by atoms with Gasteiger partial charge in [0.1, 0.15) is 24.3 Å². The van der Waals surface area contributed by atoms with E-state index >= 15 is 0 Å². The lowest BCUT2D eigenvalue weighted by Crippen LogP contribution is -2.02. The van der Waals surface area contributed by atoms with Crippen LogP contribution in [0.5, 0.6) is 0 Å². The third kappa shape index (κ3) is 1.71. The van der Waals surface area contributed by atoms with Crippen molar-refractivity contribution in [3.8, 4) is 11.6 Å². The van der Waals surface area contributed by atoms with Crippen molar-refractivity contribution in [1.82, 2.24) is 24.1 Å². The summed E-state index contributed by atoms with van der Waals surface area (Å²) in [6.45, 7) is 2.03. The molecule has 3 aromatic heterocycles. The lowest BCUT2D eigenvalue weighted by molar-refractivity contribution is 0.922. The van der Waals surface area contributed by atoms with Gasteiger partial charge >= 0.3 is 0 Å². The molecule has 0 fully saturated rings. The lowest BCUT2D eigenvalue weighted by Gasteiger charge is -2.08. The predicted octanol–water partition coefficient (Wildman–Crippen LogP) is 1.76. The number of hydrogen-bond acceptors (Lipinski definition) is 3. The first-order chi connectivity index (χ1) is 8.34. The van der Waals surface area contributed by atoms with Crippen molar-refractivity contribution in [2.45, 2.75) is 6.92 Å². The lowest BCUT2D eigenvalue weighted by atomic mass is 10.3. The minimum atomic E-state index is 0.844. The number of pyridine rings is 1. The molecule has 0 aliphatic heterocycles. The average molecular weight is 225 g/mol. The fourth-order valence-electron chi connectivity index (χ4n) is 1.69. The van der Waals surface area contributed by atoms with Gasteiger partial charge in [0.05, 0.1) is 0 Å². The fourth-order valence-corrected chi connectivity index (χ4v) is 1.69. The van der Waals surface area contributed by atoms with Gasteiger partial charge < -0.3 is 0 Å². The second-order valence-electron chi connectivity index (χ2n) is 3.75. The van der Waals surface area contributed by atoms with Gasteiger partial charge in [-0.3, -0.25) is 9.13 Å². The number of rotatable bonds is 2. The Balaban J connectivity index is 2.13.